The van der Waals surface area contributed by atoms with E-state index in [9.17, 15) is 4.79 Å². The van der Waals surface area contributed by atoms with Crippen LogP contribution in [0.1, 0.15) is 25.0 Å². The average Bonchev–Trinajstić information content (AvgIpc) is 2.30. The van der Waals surface area contributed by atoms with Crippen molar-refractivity contribution in [2.75, 3.05) is 7.05 Å². The smallest absolute Gasteiger partial charge is 0.239 e. The molecule has 0 saturated carbocycles. The lowest BCUT2D eigenvalue weighted by atomic mass is 10.0. The van der Waals surface area contributed by atoms with Crippen LogP contribution in [0, 0.1) is 12.8 Å². The topological polar surface area (TPSA) is 46.3 Å². The number of benzene rings is 1. The van der Waals surface area contributed by atoms with Gasteiger partial charge in [-0.05, 0) is 18.4 Å². The fourth-order valence-corrected chi connectivity index (χ4v) is 1.58. The summed E-state index contributed by atoms with van der Waals surface area (Å²) in [7, 11) is 1.80. The Bertz CT molecular complexity index is 370. The van der Waals surface area contributed by atoms with Gasteiger partial charge in [0.25, 0.3) is 0 Å². The molecule has 0 bridgehead atoms. The molecular weight excluding hydrogens is 212 g/mol. The Morgan fingerprint density at radius 2 is 1.82 bits per heavy atom. The molecule has 3 nitrogen and oxygen atoms in total. The van der Waals surface area contributed by atoms with E-state index in [0.717, 1.165) is 5.56 Å². The van der Waals surface area contributed by atoms with Crippen molar-refractivity contribution in [1.82, 2.24) is 4.90 Å². The minimum Gasteiger partial charge on any atom is -0.340 e. The first-order valence-corrected chi connectivity index (χ1v) is 5.98. The fourth-order valence-electron chi connectivity index (χ4n) is 1.58. The van der Waals surface area contributed by atoms with Crippen molar-refractivity contribution in [2.24, 2.45) is 11.7 Å². The van der Waals surface area contributed by atoms with Crippen LogP contribution in [0.5, 0.6) is 0 Å². The highest BCUT2D eigenvalue weighted by atomic mass is 16.2. The lowest BCUT2D eigenvalue weighted by Crippen LogP contribution is -2.44. The van der Waals surface area contributed by atoms with E-state index in [4.69, 9.17) is 5.73 Å². The molecule has 1 atom stereocenters. The molecule has 0 spiro atoms. The third-order valence-electron chi connectivity index (χ3n) is 2.92. The lowest BCUT2D eigenvalue weighted by Gasteiger charge is -2.23. The van der Waals surface area contributed by atoms with Gasteiger partial charge in [-0.15, -0.1) is 0 Å². The second-order valence-corrected chi connectivity index (χ2v) is 4.95. The Labute approximate surface area is 104 Å². The summed E-state index contributed by atoms with van der Waals surface area (Å²) in [5, 5.41) is 0. The quantitative estimate of drug-likeness (QED) is 0.865. The van der Waals surface area contributed by atoms with Crippen LogP contribution < -0.4 is 5.73 Å². The second kappa shape index (κ2) is 5.82. The van der Waals surface area contributed by atoms with Gasteiger partial charge in [-0.25, -0.2) is 0 Å². The summed E-state index contributed by atoms with van der Waals surface area (Å²) in [6, 6.07) is 7.77. The molecule has 0 heterocycles. The highest BCUT2D eigenvalue weighted by Crippen LogP contribution is 2.08. The molecule has 1 aromatic rings. The van der Waals surface area contributed by atoms with Gasteiger partial charge in [-0.2, -0.15) is 0 Å². The maximum Gasteiger partial charge on any atom is 0.239 e. The van der Waals surface area contributed by atoms with Gasteiger partial charge in [-0.3, -0.25) is 4.79 Å². The molecule has 0 aliphatic carbocycles. The summed E-state index contributed by atoms with van der Waals surface area (Å²) in [6.07, 6.45) is 0. The largest absolute Gasteiger partial charge is 0.340 e. The van der Waals surface area contributed by atoms with Crippen molar-refractivity contribution in [1.29, 1.82) is 0 Å². The van der Waals surface area contributed by atoms with E-state index in [2.05, 4.69) is 12.1 Å². The summed E-state index contributed by atoms with van der Waals surface area (Å²) < 4.78 is 0. The first kappa shape index (κ1) is 13.7. The van der Waals surface area contributed by atoms with E-state index >= 15 is 0 Å². The van der Waals surface area contributed by atoms with Crippen molar-refractivity contribution < 1.29 is 4.79 Å². The van der Waals surface area contributed by atoms with Crippen molar-refractivity contribution in [3.8, 4) is 0 Å². The second-order valence-electron chi connectivity index (χ2n) is 4.95. The van der Waals surface area contributed by atoms with E-state index in [1.165, 1.54) is 5.56 Å². The highest BCUT2D eigenvalue weighted by molar-refractivity contribution is 5.81. The van der Waals surface area contributed by atoms with Crippen LogP contribution in [0.2, 0.25) is 0 Å². The molecule has 0 radical (unpaired) electrons. The van der Waals surface area contributed by atoms with E-state index in [-0.39, 0.29) is 11.8 Å². The molecule has 1 rings (SSSR count). The zero-order valence-electron chi connectivity index (χ0n) is 11.1. The minimum atomic E-state index is -0.412. The molecule has 0 aliphatic rings. The van der Waals surface area contributed by atoms with Crippen LogP contribution in [0.25, 0.3) is 0 Å². The van der Waals surface area contributed by atoms with Gasteiger partial charge in [0.2, 0.25) is 5.91 Å². The van der Waals surface area contributed by atoms with Crippen LogP contribution in [0.4, 0.5) is 0 Å². The predicted molar refractivity (Wildman–Crippen MR) is 70.5 cm³/mol. The van der Waals surface area contributed by atoms with Gasteiger partial charge in [0, 0.05) is 13.6 Å². The average molecular weight is 234 g/mol. The van der Waals surface area contributed by atoms with Crippen LogP contribution in [0.3, 0.4) is 0 Å². The molecule has 1 aromatic carbocycles. The maximum atomic E-state index is 12.0. The van der Waals surface area contributed by atoms with Gasteiger partial charge in [0.15, 0.2) is 0 Å². The van der Waals surface area contributed by atoms with Gasteiger partial charge in [0.05, 0.1) is 6.04 Å². The van der Waals surface area contributed by atoms with Crippen LogP contribution in [-0.4, -0.2) is 23.9 Å². The molecule has 0 unspecified atom stereocenters. The lowest BCUT2D eigenvalue weighted by molar-refractivity contribution is -0.132. The molecule has 0 fully saturated rings. The zero-order valence-corrected chi connectivity index (χ0v) is 11.1. The third-order valence-corrected chi connectivity index (χ3v) is 2.92. The number of amides is 1. The summed E-state index contributed by atoms with van der Waals surface area (Å²) in [5.74, 6) is 0.170. The standard InChI is InChI=1S/C14H22N2O/c1-10(2)13(15)14(17)16(4)9-12-7-5-11(3)6-8-12/h5-8,10,13H,9,15H2,1-4H3/t13-/m1/s1. The Kier molecular flexibility index (Phi) is 4.70. The Morgan fingerprint density at radius 3 is 2.29 bits per heavy atom. The van der Waals surface area contributed by atoms with Crippen LogP contribution in [-0.2, 0) is 11.3 Å². The fraction of sp³-hybridized carbons (Fsp3) is 0.500. The molecule has 0 aliphatic heterocycles. The summed E-state index contributed by atoms with van der Waals surface area (Å²) >= 11 is 0. The zero-order chi connectivity index (χ0) is 13.0. The normalized spacial score (nSPS) is 12.6. The molecule has 0 saturated heterocycles. The number of nitrogens with zero attached hydrogens (tertiary/aromatic N) is 1. The Hall–Kier alpha value is -1.35. The van der Waals surface area contributed by atoms with Crippen molar-refractivity contribution in [3.05, 3.63) is 35.4 Å². The predicted octanol–water partition coefficient (Wildman–Crippen LogP) is 1.94. The van der Waals surface area contributed by atoms with Gasteiger partial charge >= 0.3 is 0 Å². The first-order valence-electron chi connectivity index (χ1n) is 5.98. The van der Waals surface area contributed by atoms with Gasteiger partial charge < -0.3 is 10.6 Å². The highest BCUT2D eigenvalue weighted by Gasteiger charge is 2.20. The van der Waals surface area contributed by atoms with Crippen molar-refractivity contribution in [2.45, 2.75) is 33.4 Å². The van der Waals surface area contributed by atoms with Gasteiger partial charge in [-0.1, -0.05) is 43.7 Å². The van der Waals surface area contributed by atoms with E-state index in [1.807, 2.05) is 32.9 Å². The van der Waals surface area contributed by atoms with Crippen molar-refractivity contribution >= 4 is 5.91 Å². The molecule has 94 valence electrons. The monoisotopic (exact) mass is 234 g/mol. The molecule has 3 heteroatoms. The van der Waals surface area contributed by atoms with E-state index in [0.29, 0.717) is 6.54 Å². The third kappa shape index (κ3) is 3.86. The summed E-state index contributed by atoms with van der Waals surface area (Å²) in [6.45, 7) is 6.58. The minimum absolute atomic E-state index is 0.000532. The molecule has 0 aromatic heterocycles. The number of likely N-dealkylation sites (N-methyl/N-ethyl adjacent to an activating group) is 1. The van der Waals surface area contributed by atoms with Crippen molar-refractivity contribution in [3.63, 3.8) is 0 Å². The maximum absolute atomic E-state index is 12.0. The number of hydrogen-bond donors (Lipinski definition) is 1. The molecule has 2 N–H and O–H groups in total. The number of hydrogen-bond acceptors (Lipinski definition) is 2. The molecular formula is C14H22N2O. The van der Waals surface area contributed by atoms with Crippen LogP contribution >= 0.6 is 0 Å². The number of carbonyl (C=O) groups excluding carboxylic acids is 1. The number of carbonyl (C=O) groups is 1. The Morgan fingerprint density at radius 1 is 1.29 bits per heavy atom. The number of nitrogens with two attached hydrogens (primary N) is 1. The Balaban J connectivity index is 2.63. The van der Waals surface area contributed by atoms with E-state index < -0.39 is 6.04 Å². The SMILES string of the molecule is Cc1ccc(CN(C)C(=O)[C@H](N)C(C)C)cc1. The van der Waals surface area contributed by atoms with Crippen LogP contribution in [0.15, 0.2) is 24.3 Å². The molecule has 1 amide bonds. The van der Waals surface area contributed by atoms with Gasteiger partial charge in [0.1, 0.15) is 0 Å². The summed E-state index contributed by atoms with van der Waals surface area (Å²) in [4.78, 5) is 13.6. The summed E-state index contributed by atoms with van der Waals surface area (Å²) in [5.41, 5.74) is 8.20. The first-order chi connectivity index (χ1) is 7.91. The van der Waals surface area contributed by atoms with E-state index in [1.54, 1.807) is 11.9 Å². The number of rotatable bonds is 4. The number of aryl methyl sites for hydroxylation is 1. The molecule has 17 heavy (non-hydrogen) atoms.